The molecule has 50 valence electrons. The summed E-state index contributed by atoms with van der Waals surface area (Å²) in [7, 11) is 0. The quantitative estimate of drug-likeness (QED) is 0.254. The number of hydrogen-bond acceptors (Lipinski definition) is 4. The minimum absolute atomic E-state index is 0. The Hall–Kier alpha value is 0.922. The molecule has 0 fully saturated rings. The van der Waals surface area contributed by atoms with Crippen molar-refractivity contribution in [1.29, 1.82) is 0 Å². The van der Waals surface area contributed by atoms with Crippen molar-refractivity contribution in [3.05, 3.63) is 0 Å². The average molecular weight is 160 g/mol. The van der Waals surface area contributed by atoms with Crippen LogP contribution in [0.4, 0.5) is 0 Å². The predicted octanol–water partition coefficient (Wildman–Crippen LogP) is -2.45. The van der Waals surface area contributed by atoms with Crippen LogP contribution in [0.5, 0.6) is 0 Å². The molecule has 0 aromatic carbocycles. The number of aliphatic hydroxyl groups is 1. The van der Waals surface area contributed by atoms with Crippen molar-refractivity contribution in [3.8, 4) is 0 Å². The molecule has 0 aliphatic heterocycles. The van der Waals surface area contributed by atoms with Gasteiger partial charge in [0.25, 0.3) is 0 Å². The fraction of sp³-hybridized carbons (Fsp3) is 0.667. The van der Waals surface area contributed by atoms with Gasteiger partial charge < -0.3 is 5.11 Å². The zero-order valence-corrected chi connectivity index (χ0v) is 3.79. The van der Waals surface area contributed by atoms with Crippen molar-refractivity contribution in [2.45, 2.75) is 13.0 Å². The van der Waals surface area contributed by atoms with Gasteiger partial charge in [-0.2, -0.15) is 5.26 Å². The number of hydrogen-bond donors (Lipinski definition) is 2. The predicted molar refractivity (Wildman–Crippen MR) is 37.5 cm³/mol. The van der Waals surface area contributed by atoms with E-state index in [4.69, 9.17) is 10.4 Å². The topological polar surface area (TPSA) is 66.8 Å². The second-order valence-electron chi connectivity index (χ2n) is 1.09. The molecule has 0 rings (SSSR count). The Morgan fingerprint density at radius 2 is 2.00 bits per heavy atom. The first-order valence-corrected chi connectivity index (χ1v) is 1.72. The average Bonchev–Trinajstić information content (AvgIpc) is 1.65. The molecule has 0 heterocycles. The van der Waals surface area contributed by atoms with Crippen molar-refractivity contribution in [2.24, 2.45) is 0 Å². The van der Waals surface area contributed by atoms with Crippen LogP contribution < -0.4 is 0 Å². The summed E-state index contributed by atoms with van der Waals surface area (Å²) in [6.07, 6.45) is -1.25. The van der Waals surface area contributed by atoms with E-state index in [0.717, 1.165) is 0 Å². The fourth-order valence-electron chi connectivity index (χ4n) is 0.0763. The second-order valence-corrected chi connectivity index (χ2v) is 1.09. The molecule has 0 aliphatic rings. The Kier molecular flexibility index (Phi) is 16.3. The van der Waals surface area contributed by atoms with Gasteiger partial charge in [0, 0.05) is 0 Å². The van der Waals surface area contributed by atoms with Crippen LogP contribution >= 0.6 is 0 Å². The second kappa shape index (κ2) is 8.92. The molecule has 0 bridgehead atoms. The Morgan fingerprint density at radius 3 is 2.00 bits per heavy atom. The molecular weight excluding hydrogens is 150 g/mol. The third-order valence-corrected chi connectivity index (χ3v) is 0.431. The molecule has 0 aliphatic carbocycles. The van der Waals surface area contributed by atoms with E-state index in [-0.39, 0.29) is 46.9 Å². The standard InChI is InChI=1S/C3H6O4.Al.Na.4H/c1-2(4)3(5)7-6;;;;;;/h2,4,6H,1H3;;;;;;. The zero-order chi connectivity index (χ0) is 5.86. The number of aliphatic hydroxyl groups excluding tert-OH is 1. The van der Waals surface area contributed by atoms with Crippen molar-refractivity contribution < 1.29 is 20.0 Å². The third kappa shape index (κ3) is 8.92. The van der Waals surface area contributed by atoms with E-state index in [1.165, 1.54) is 6.92 Å². The summed E-state index contributed by atoms with van der Waals surface area (Å²) in [5.74, 6) is -1.04. The van der Waals surface area contributed by atoms with Crippen LogP contribution in [0, 0.1) is 0 Å². The molecule has 0 spiro atoms. The van der Waals surface area contributed by atoms with Crippen molar-refractivity contribution in [1.82, 2.24) is 0 Å². The van der Waals surface area contributed by atoms with E-state index in [9.17, 15) is 4.79 Å². The van der Waals surface area contributed by atoms with Gasteiger partial charge in [0.2, 0.25) is 0 Å². The van der Waals surface area contributed by atoms with E-state index in [1.807, 2.05) is 0 Å². The van der Waals surface area contributed by atoms with Crippen LogP contribution in [0.2, 0.25) is 0 Å². The van der Waals surface area contributed by atoms with Gasteiger partial charge in [-0.1, -0.05) is 0 Å². The molecule has 6 heteroatoms. The van der Waals surface area contributed by atoms with Gasteiger partial charge in [0.1, 0.15) is 0 Å². The molecule has 0 amide bonds. The van der Waals surface area contributed by atoms with Crippen molar-refractivity contribution in [2.75, 3.05) is 0 Å². The van der Waals surface area contributed by atoms with Crippen molar-refractivity contribution in [3.63, 3.8) is 0 Å². The first-order chi connectivity index (χ1) is 3.18. The Balaban J connectivity index is -0.000000180. The van der Waals surface area contributed by atoms with Crippen LogP contribution in [0.3, 0.4) is 0 Å². The van der Waals surface area contributed by atoms with Crippen LogP contribution in [0.15, 0.2) is 0 Å². The summed E-state index contributed by atoms with van der Waals surface area (Å²) in [6, 6.07) is 0. The first-order valence-electron chi connectivity index (χ1n) is 1.72. The Morgan fingerprint density at radius 1 is 1.67 bits per heavy atom. The molecule has 1 atom stereocenters. The van der Waals surface area contributed by atoms with Crippen molar-refractivity contribution >= 4 is 52.9 Å². The molecular formula is C3H10AlNaO4. The summed E-state index contributed by atoms with van der Waals surface area (Å²) >= 11 is 0. The minimum atomic E-state index is -1.25. The van der Waals surface area contributed by atoms with E-state index >= 15 is 0 Å². The zero-order valence-electron chi connectivity index (χ0n) is 3.79. The van der Waals surface area contributed by atoms with Gasteiger partial charge in [0.15, 0.2) is 23.5 Å². The van der Waals surface area contributed by atoms with E-state index < -0.39 is 12.1 Å². The van der Waals surface area contributed by atoms with E-state index in [1.54, 1.807) is 0 Å². The van der Waals surface area contributed by atoms with E-state index in [2.05, 4.69) is 4.89 Å². The van der Waals surface area contributed by atoms with Gasteiger partial charge >= 0.3 is 35.5 Å². The van der Waals surface area contributed by atoms with Gasteiger partial charge in [-0.25, -0.2) is 4.79 Å². The monoisotopic (exact) mass is 160 g/mol. The maximum absolute atomic E-state index is 9.79. The van der Waals surface area contributed by atoms with E-state index in [0.29, 0.717) is 0 Å². The number of carbonyl (C=O) groups is 1. The fourth-order valence-corrected chi connectivity index (χ4v) is 0.0763. The van der Waals surface area contributed by atoms with Crippen LogP contribution in [0.1, 0.15) is 6.92 Å². The molecule has 4 nitrogen and oxygen atoms in total. The summed E-state index contributed by atoms with van der Waals surface area (Å²) in [4.78, 5) is 12.9. The summed E-state index contributed by atoms with van der Waals surface area (Å²) in [6.45, 7) is 1.19. The summed E-state index contributed by atoms with van der Waals surface area (Å²) in [5.41, 5.74) is 0. The van der Waals surface area contributed by atoms with Gasteiger partial charge in [-0.05, 0) is 6.92 Å². The first kappa shape index (κ1) is 16.5. The van der Waals surface area contributed by atoms with Crippen LogP contribution in [0.25, 0.3) is 0 Å². The molecule has 1 unspecified atom stereocenters. The normalized spacial score (nSPS) is 10.1. The molecule has 0 saturated heterocycles. The summed E-state index contributed by atoms with van der Waals surface area (Å²) < 4.78 is 0. The molecule has 9 heavy (non-hydrogen) atoms. The maximum atomic E-state index is 9.79. The number of carbonyl (C=O) groups excluding carboxylic acids is 1. The molecule has 0 saturated carbocycles. The number of rotatable bonds is 1. The molecule has 0 aromatic heterocycles. The SMILES string of the molecule is CC(O)C(=O)OO.[AlH3].[NaH]. The molecule has 0 radical (unpaired) electrons. The Bertz CT molecular complexity index is 76.2. The van der Waals surface area contributed by atoms with Crippen LogP contribution in [-0.2, 0) is 9.68 Å². The van der Waals surface area contributed by atoms with Gasteiger partial charge in [-0.15, -0.1) is 0 Å². The Labute approximate surface area is 85.5 Å². The third-order valence-electron chi connectivity index (χ3n) is 0.431. The van der Waals surface area contributed by atoms with Crippen LogP contribution in [-0.4, -0.2) is 69.4 Å². The van der Waals surface area contributed by atoms with Gasteiger partial charge in [0.05, 0.1) is 0 Å². The summed E-state index contributed by atoms with van der Waals surface area (Å²) in [5, 5.41) is 15.7. The molecule has 2 N–H and O–H groups in total. The van der Waals surface area contributed by atoms with Gasteiger partial charge in [-0.3, -0.25) is 4.89 Å². The molecule has 0 aromatic rings.